The Hall–Kier alpha value is -2.79. The standard InChI is InChI=1S/C18H15ClN2O3/c1-23-14-9-6-10-15(24-2)16(14)17-13(11-22)18(19)21(20-17)12-7-4-3-5-8-12/h3-11H,1-2H3. The second kappa shape index (κ2) is 6.76. The molecule has 0 radical (unpaired) electrons. The summed E-state index contributed by atoms with van der Waals surface area (Å²) in [5, 5.41) is 4.77. The van der Waals surface area contributed by atoms with Crippen molar-refractivity contribution >= 4 is 17.9 Å². The SMILES string of the molecule is COc1cccc(OC)c1-c1nn(-c2ccccc2)c(Cl)c1C=O. The fourth-order valence-corrected chi connectivity index (χ4v) is 2.79. The molecule has 0 saturated heterocycles. The molecule has 24 heavy (non-hydrogen) atoms. The van der Waals surface area contributed by atoms with E-state index in [2.05, 4.69) is 5.10 Å². The van der Waals surface area contributed by atoms with Gasteiger partial charge in [0.05, 0.1) is 31.0 Å². The van der Waals surface area contributed by atoms with Gasteiger partial charge in [0.15, 0.2) is 6.29 Å². The van der Waals surface area contributed by atoms with E-state index in [0.717, 1.165) is 5.69 Å². The van der Waals surface area contributed by atoms with Gasteiger partial charge in [0.25, 0.3) is 0 Å². The molecule has 0 atom stereocenters. The summed E-state index contributed by atoms with van der Waals surface area (Å²) in [4.78, 5) is 11.6. The van der Waals surface area contributed by atoms with Crippen LogP contribution >= 0.6 is 11.6 Å². The van der Waals surface area contributed by atoms with Crippen LogP contribution in [0.5, 0.6) is 11.5 Å². The average molecular weight is 343 g/mol. The van der Waals surface area contributed by atoms with Crippen molar-refractivity contribution in [3.05, 3.63) is 59.2 Å². The Bertz CT molecular complexity index is 853. The lowest BCUT2D eigenvalue weighted by Gasteiger charge is -2.11. The molecule has 0 bridgehead atoms. The number of carbonyl (C=O) groups is 1. The van der Waals surface area contributed by atoms with Gasteiger partial charge in [-0.1, -0.05) is 35.9 Å². The molecule has 122 valence electrons. The van der Waals surface area contributed by atoms with E-state index in [9.17, 15) is 4.79 Å². The molecule has 0 fully saturated rings. The van der Waals surface area contributed by atoms with Crippen molar-refractivity contribution in [1.29, 1.82) is 0 Å². The first-order valence-electron chi connectivity index (χ1n) is 7.21. The number of ether oxygens (including phenoxy) is 2. The van der Waals surface area contributed by atoms with Gasteiger partial charge in [-0.15, -0.1) is 0 Å². The molecule has 3 rings (SSSR count). The second-order valence-corrected chi connectivity index (χ2v) is 5.31. The highest BCUT2D eigenvalue weighted by atomic mass is 35.5. The van der Waals surface area contributed by atoms with Crippen molar-refractivity contribution in [1.82, 2.24) is 9.78 Å². The Labute approximate surface area is 144 Å². The van der Waals surface area contributed by atoms with Gasteiger partial charge in [-0.3, -0.25) is 4.79 Å². The predicted octanol–water partition coefficient (Wildman–Crippen LogP) is 4.02. The van der Waals surface area contributed by atoms with E-state index >= 15 is 0 Å². The molecule has 0 amide bonds. The number of carbonyl (C=O) groups excluding carboxylic acids is 1. The van der Waals surface area contributed by atoms with Crippen LogP contribution in [0, 0.1) is 0 Å². The zero-order valence-electron chi connectivity index (χ0n) is 13.2. The van der Waals surface area contributed by atoms with Gasteiger partial charge >= 0.3 is 0 Å². The number of halogens is 1. The normalized spacial score (nSPS) is 10.5. The molecule has 3 aromatic rings. The van der Waals surface area contributed by atoms with Crippen LogP contribution < -0.4 is 9.47 Å². The van der Waals surface area contributed by atoms with E-state index in [0.29, 0.717) is 29.0 Å². The molecule has 6 heteroatoms. The number of hydrogen-bond donors (Lipinski definition) is 0. The lowest BCUT2D eigenvalue weighted by Crippen LogP contribution is -1.97. The Balaban J connectivity index is 2.29. The molecule has 0 N–H and O–H groups in total. The third-order valence-electron chi connectivity index (χ3n) is 3.65. The number of benzene rings is 2. The zero-order chi connectivity index (χ0) is 17.1. The summed E-state index contributed by atoms with van der Waals surface area (Å²) in [6.45, 7) is 0. The number of rotatable bonds is 5. The van der Waals surface area contributed by atoms with E-state index in [4.69, 9.17) is 21.1 Å². The van der Waals surface area contributed by atoms with Crippen LogP contribution in [-0.4, -0.2) is 30.3 Å². The topological polar surface area (TPSA) is 53.4 Å². The van der Waals surface area contributed by atoms with E-state index in [1.165, 1.54) is 4.68 Å². The van der Waals surface area contributed by atoms with Crippen molar-refractivity contribution in [2.75, 3.05) is 14.2 Å². The van der Waals surface area contributed by atoms with Crippen LogP contribution in [0.4, 0.5) is 0 Å². The number of nitrogens with zero attached hydrogens (tertiary/aromatic N) is 2. The predicted molar refractivity (Wildman–Crippen MR) is 92.5 cm³/mol. The first-order valence-corrected chi connectivity index (χ1v) is 7.59. The van der Waals surface area contributed by atoms with Gasteiger partial charge in [-0.05, 0) is 24.3 Å². The minimum atomic E-state index is 0.235. The summed E-state index contributed by atoms with van der Waals surface area (Å²) >= 11 is 6.39. The Morgan fingerprint density at radius 2 is 1.62 bits per heavy atom. The number of aromatic nitrogens is 2. The van der Waals surface area contributed by atoms with E-state index in [1.807, 2.05) is 30.3 Å². The molecule has 0 aliphatic carbocycles. The summed E-state index contributed by atoms with van der Waals surface area (Å²) in [5.74, 6) is 1.10. The largest absolute Gasteiger partial charge is 0.496 e. The van der Waals surface area contributed by atoms with Crippen molar-refractivity contribution in [2.24, 2.45) is 0 Å². The van der Waals surface area contributed by atoms with Gasteiger partial charge in [-0.2, -0.15) is 5.10 Å². The van der Waals surface area contributed by atoms with E-state index < -0.39 is 0 Å². The highest BCUT2D eigenvalue weighted by Gasteiger charge is 2.23. The van der Waals surface area contributed by atoms with Crippen LogP contribution in [0.2, 0.25) is 5.15 Å². The lowest BCUT2D eigenvalue weighted by atomic mass is 10.1. The summed E-state index contributed by atoms with van der Waals surface area (Å²) in [6, 6.07) is 14.7. The average Bonchev–Trinajstić information content (AvgIpc) is 2.97. The van der Waals surface area contributed by atoms with Gasteiger partial charge < -0.3 is 9.47 Å². The smallest absolute Gasteiger partial charge is 0.155 e. The molecule has 1 heterocycles. The summed E-state index contributed by atoms with van der Waals surface area (Å²) in [6.07, 6.45) is 0.690. The van der Waals surface area contributed by atoms with Crippen molar-refractivity contribution in [2.45, 2.75) is 0 Å². The number of hydrogen-bond acceptors (Lipinski definition) is 4. The van der Waals surface area contributed by atoms with Gasteiger partial charge in [-0.25, -0.2) is 4.68 Å². The monoisotopic (exact) mass is 342 g/mol. The zero-order valence-corrected chi connectivity index (χ0v) is 13.9. The third kappa shape index (κ3) is 2.63. The molecule has 2 aromatic carbocycles. The molecular formula is C18H15ClN2O3. The highest BCUT2D eigenvalue weighted by Crippen LogP contribution is 2.41. The van der Waals surface area contributed by atoms with Crippen LogP contribution in [0.1, 0.15) is 10.4 Å². The number of aldehydes is 1. The maximum atomic E-state index is 11.6. The number of methoxy groups -OCH3 is 2. The third-order valence-corrected chi connectivity index (χ3v) is 4.01. The van der Waals surface area contributed by atoms with E-state index in [-0.39, 0.29) is 10.7 Å². The highest BCUT2D eigenvalue weighted by molar-refractivity contribution is 6.33. The van der Waals surface area contributed by atoms with Crippen molar-refractivity contribution in [3.8, 4) is 28.4 Å². The van der Waals surface area contributed by atoms with Crippen LogP contribution in [-0.2, 0) is 0 Å². The summed E-state index contributed by atoms with van der Waals surface area (Å²) < 4.78 is 12.3. The first kappa shape index (κ1) is 16.1. The summed E-state index contributed by atoms with van der Waals surface area (Å²) in [7, 11) is 3.10. The minimum Gasteiger partial charge on any atom is -0.496 e. The maximum Gasteiger partial charge on any atom is 0.155 e. The van der Waals surface area contributed by atoms with Crippen LogP contribution in [0.25, 0.3) is 16.9 Å². The Morgan fingerprint density at radius 3 is 2.17 bits per heavy atom. The second-order valence-electron chi connectivity index (χ2n) is 4.96. The molecule has 0 aliphatic heterocycles. The van der Waals surface area contributed by atoms with Crippen LogP contribution in [0.15, 0.2) is 48.5 Å². The molecule has 0 aliphatic rings. The quantitative estimate of drug-likeness (QED) is 0.657. The fourth-order valence-electron chi connectivity index (χ4n) is 2.52. The summed E-state index contributed by atoms with van der Waals surface area (Å²) in [5.41, 5.74) is 2.03. The minimum absolute atomic E-state index is 0.235. The lowest BCUT2D eigenvalue weighted by molar-refractivity contribution is 0.112. The van der Waals surface area contributed by atoms with Crippen molar-refractivity contribution in [3.63, 3.8) is 0 Å². The fraction of sp³-hybridized carbons (Fsp3) is 0.111. The molecule has 5 nitrogen and oxygen atoms in total. The molecule has 0 unspecified atom stereocenters. The molecular weight excluding hydrogens is 328 g/mol. The first-order chi connectivity index (χ1) is 11.7. The van der Waals surface area contributed by atoms with Crippen LogP contribution in [0.3, 0.4) is 0 Å². The van der Waals surface area contributed by atoms with Gasteiger partial charge in [0, 0.05) is 0 Å². The van der Waals surface area contributed by atoms with Gasteiger partial charge in [0.2, 0.25) is 0 Å². The maximum absolute atomic E-state index is 11.6. The van der Waals surface area contributed by atoms with Gasteiger partial charge in [0.1, 0.15) is 22.3 Å². The molecule has 0 spiro atoms. The van der Waals surface area contributed by atoms with Crippen molar-refractivity contribution < 1.29 is 14.3 Å². The Morgan fingerprint density at radius 1 is 1.00 bits per heavy atom. The number of para-hydroxylation sites is 1. The van der Waals surface area contributed by atoms with E-state index in [1.54, 1.807) is 32.4 Å². The molecule has 1 aromatic heterocycles. The Kier molecular flexibility index (Phi) is 4.53. The molecule has 0 saturated carbocycles.